The number of aryl methyl sites for hydroxylation is 1. The highest BCUT2D eigenvalue weighted by molar-refractivity contribution is 5.68. The van der Waals surface area contributed by atoms with E-state index < -0.39 is 0 Å². The zero-order valence-corrected chi connectivity index (χ0v) is 15.5. The van der Waals surface area contributed by atoms with Gasteiger partial charge in [-0.3, -0.25) is 0 Å². The number of aromatic nitrogens is 2. The maximum Gasteiger partial charge on any atom is 0.159 e. The third-order valence-electron chi connectivity index (χ3n) is 4.81. The van der Waals surface area contributed by atoms with Gasteiger partial charge in [-0.25, -0.2) is 9.97 Å². The van der Waals surface area contributed by atoms with Gasteiger partial charge in [0.2, 0.25) is 0 Å². The molecular formula is C25H22N2. The standard InChI is InChI=1S/C25H22N2/c1-2-19-12-14-20(15-13-19)24-11-7-6-10-22(24)18-23-16-17-26-25(27-23)21-8-4-3-5-9-21/h3-17H,2,18H2,1H3. The minimum atomic E-state index is 0.776. The molecule has 0 spiro atoms. The predicted octanol–water partition coefficient (Wildman–Crippen LogP) is 5.96. The van der Waals surface area contributed by atoms with E-state index in [4.69, 9.17) is 4.98 Å². The molecule has 0 aliphatic carbocycles. The Morgan fingerprint density at radius 2 is 1.44 bits per heavy atom. The van der Waals surface area contributed by atoms with Gasteiger partial charge in [-0.05, 0) is 34.7 Å². The monoisotopic (exact) mass is 350 g/mol. The van der Waals surface area contributed by atoms with E-state index >= 15 is 0 Å². The smallest absolute Gasteiger partial charge is 0.159 e. The Morgan fingerprint density at radius 1 is 0.704 bits per heavy atom. The normalized spacial score (nSPS) is 10.7. The fourth-order valence-corrected chi connectivity index (χ4v) is 3.29. The van der Waals surface area contributed by atoms with Gasteiger partial charge in [0.05, 0.1) is 0 Å². The third kappa shape index (κ3) is 3.95. The Labute approximate surface area is 160 Å². The van der Waals surface area contributed by atoms with Gasteiger partial charge < -0.3 is 0 Å². The van der Waals surface area contributed by atoms with Crippen LogP contribution in [0.4, 0.5) is 0 Å². The lowest BCUT2D eigenvalue weighted by molar-refractivity contribution is 1.04. The Hall–Kier alpha value is -3.26. The van der Waals surface area contributed by atoms with E-state index in [2.05, 4.69) is 60.4 Å². The van der Waals surface area contributed by atoms with Crippen molar-refractivity contribution >= 4 is 0 Å². The van der Waals surface area contributed by atoms with Crippen molar-refractivity contribution in [2.75, 3.05) is 0 Å². The maximum absolute atomic E-state index is 4.79. The molecule has 2 nitrogen and oxygen atoms in total. The van der Waals surface area contributed by atoms with Crippen LogP contribution in [0.5, 0.6) is 0 Å². The van der Waals surface area contributed by atoms with Crippen molar-refractivity contribution < 1.29 is 0 Å². The van der Waals surface area contributed by atoms with Gasteiger partial charge in [0.25, 0.3) is 0 Å². The molecule has 1 heterocycles. The number of rotatable bonds is 5. The molecule has 0 atom stereocenters. The summed E-state index contributed by atoms with van der Waals surface area (Å²) in [6.45, 7) is 2.18. The molecule has 0 unspecified atom stereocenters. The van der Waals surface area contributed by atoms with Crippen molar-refractivity contribution in [1.82, 2.24) is 9.97 Å². The first-order valence-electron chi connectivity index (χ1n) is 9.38. The van der Waals surface area contributed by atoms with Crippen LogP contribution in [0.25, 0.3) is 22.5 Å². The van der Waals surface area contributed by atoms with Crippen LogP contribution in [0.1, 0.15) is 23.7 Å². The Bertz CT molecular complexity index is 1020. The van der Waals surface area contributed by atoms with Crippen LogP contribution in [-0.2, 0) is 12.8 Å². The number of nitrogens with zero attached hydrogens (tertiary/aromatic N) is 2. The second-order valence-corrected chi connectivity index (χ2v) is 6.62. The second-order valence-electron chi connectivity index (χ2n) is 6.62. The lowest BCUT2D eigenvalue weighted by Crippen LogP contribution is -1.98. The SMILES string of the molecule is CCc1ccc(-c2ccccc2Cc2ccnc(-c3ccccc3)n2)cc1. The third-order valence-corrected chi connectivity index (χ3v) is 4.81. The first-order valence-corrected chi connectivity index (χ1v) is 9.38. The molecule has 27 heavy (non-hydrogen) atoms. The van der Waals surface area contributed by atoms with E-state index in [1.165, 1.54) is 22.3 Å². The summed E-state index contributed by atoms with van der Waals surface area (Å²) < 4.78 is 0. The minimum absolute atomic E-state index is 0.776. The van der Waals surface area contributed by atoms with Gasteiger partial charge in [0, 0.05) is 23.9 Å². The molecule has 0 amide bonds. The van der Waals surface area contributed by atoms with Crippen LogP contribution in [0.2, 0.25) is 0 Å². The highest BCUT2D eigenvalue weighted by Gasteiger charge is 2.08. The Balaban J connectivity index is 1.65. The molecule has 0 saturated heterocycles. The van der Waals surface area contributed by atoms with E-state index in [0.717, 1.165) is 29.9 Å². The molecule has 3 aromatic carbocycles. The fraction of sp³-hybridized carbons (Fsp3) is 0.120. The zero-order valence-electron chi connectivity index (χ0n) is 15.5. The largest absolute Gasteiger partial charge is 0.237 e. The molecule has 4 aromatic rings. The molecule has 4 rings (SSSR count). The summed E-state index contributed by atoms with van der Waals surface area (Å²) in [6, 6.07) is 29.6. The second kappa shape index (κ2) is 7.96. The summed E-state index contributed by atoms with van der Waals surface area (Å²) >= 11 is 0. The number of benzene rings is 3. The van der Waals surface area contributed by atoms with Crippen molar-refractivity contribution in [3.63, 3.8) is 0 Å². The van der Waals surface area contributed by atoms with Crippen molar-refractivity contribution in [2.45, 2.75) is 19.8 Å². The van der Waals surface area contributed by atoms with Gasteiger partial charge in [-0.2, -0.15) is 0 Å². The molecule has 0 N–H and O–H groups in total. The van der Waals surface area contributed by atoms with Crippen LogP contribution in [0, 0.1) is 0 Å². The van der Waals surface area contributed by atoms with E-state index in [0.29, 0.717) is 0 Å². The molecule has 0 radical (unpaired) electrons. The molecule has 132 valence electrons. The minimum Gasteiger partial charge on any atom is -0.237 e. The van der Waals surface area contributed by atoms with Crippen LogP contribution in [0.15, 0.2) is 91.1 Å². The first kappa shape index (κ1) is 17.2. The van der Waals surface area contributed by atoms with Gasteiger partial charge in [-0.15, -0.1) is 0 Å². The summed E-state index contributed by atoms with van der Waals surface area (Å²) in [5.41, 5.74) is 7.23. The summed E-state index contributed by atoms with van der Waals surface area (Å²) in [4.78, 5) is 9.23. The lowest BCUT2D eigenvalue weighted by Gasteiger charge is -2.11. The maximum atomic E-state index is 4.79. The van der Waals surface area contributed by atoms with E-state index in [1.54, 1.807) is 0 Å². The summed E-state index contributed by atoms with van der Waals surface area (Å²) in [7, 11) is 0. The molecule has 0 saturated carbocycles. The number of hydrogen-bond donors (Lipinski definition) is 0. The molecular weight excluding hydrogens is 328 g/mol. The van der Waals surface area contributed by atoms with Crippen molar-refractivity contribution in [2.24, 2.45) is 0 Å². The molecule has 1 aromatic heterocycles. The Morgan fingerprint density at radius 3 is 2.22 bits per heavy atom. The Kier molecular flexibility index (Phi) is 5.06. The van der Waals surface area contributed by atoms with E-state index in [1.807, 2.05) is 42.6 Å². The van der Waals surface area contributed by atoms with E-state index in [-0.39, 0.29) is 0 Å². The molecule has 0 aliphatic heterocycles. The van der Waals surface area contributed by atoms with Crippen LogP contribution < -0.4 is 0 Å². The summed E-state index contributed by atoms with van der Waals surface area (Å²) in [6.07, 6.45) is 3.70. The summed E-state index contributed by atoms with van der Waals surface area (Å²) in [5, 5.41) is 0. The highest BCUT2D eigenvalue weighted by Crippen LogP contribution is 2.26. The van der Waals surface area contributed by atoms with Crippen LogP contribution >= 0.6 is 0 Å². The van der Waals surface area contributed by atoms with Crippen molar-refractivity contribution in [3.05, 3.63) is 108 Å². The van der Waals surface area contributed by atoms with Gasteiger partial charge in [-0.1, -0.05) is 85.8 Å². The lowest BCUT2D eigenvalue weighted by atomic mass is 9.95. The van der Waals surface area contributed by atoms with E-state index in [9.17, 15) is 0 Å². The van der Waals surface area contributed by atoms with Crippen LogP contribution in [-0.4, -0.2) is 9.97 Å². The fourth-order valence-electron chi connectivity index (χ4n) is 3.29. The zero-order chi connectivity index (χ0) is 18.5. The average Bonchev–Trinajstić information content (AvgIpc) is 2.75. The topological polar surface area (TPSA) is 25.8 Å². The average molecular weight is 350 g/mol. The number of hydrogen-bond acceptors (Lipinski definition) is 2. The van der Waals surface area contributed by atoms with Gasteiger partial charge in [0.15, 0.2) is 5.82 Å². The molecule has 0 bridgehead atoms. The van der Waals surface area contributed by atoms with Crippen molar-refractivity contribution in [3.8, 4) is 22.5 Å². The van der Waals surface area contributed by atoms with Gasteiger partial charge >= 0.3 is 0 Å². The summed E-state index contributed by atoms with van der Waals surface area (Å²) in [5.74, 6) is 0.776. The first-order chi connectivity index (χ1) is 13.3. The quantitative estimate of drug-likeness (QED) is 0.443. The van der Waals surface area contributed by atoms with Gasteiger partial charge in [0.1, 0.15) is 0 Å². The predicted molar refractivity (Wildman–Crippen MR) is 112 cm³/mol. The molecule has 0 fully saturated rings. The molecule has 0 aliphatic rings. The highest BCUT2D eigenvalue weighted by atomic mass is 14.9. The van der Waals surface area contributed by atoms with Crippen LogP contribution in [0.3, 0.4) is 0 Å². The molecule has 2 heteroatoms. The van der Waals surface area contributed by atoms with Crippen molar-refractivity contribution in [1.29, 1.82) is 0 Å².